The van der Waals surface area contributed by atoms with E-state index in [1.165, 1.54) is 14.0 Å². The zero-order valence-electron chi connectivity index (χ0n) is 12.7. The van der Waals surface area contributed by atoms with Gasteiger partial charge >= 0.3 is 5.97 Å². The van der Waals surface area contributed by atoms with Crippen molar-refractivity contribution in [3.63, 3.8) is 0 Å². The van der Waals surface area contributed by atoms with Gasteiger partial charge in [0.1, 0.15) is 4.75 Å². The molecule has 10 heteroatoms. The second-order valence-electron chi connectivity index (χ2n) is 5.88. The zero-order valence-corrected chi connectivity index (χ0v) is 13.5. The van der Waals surface area contributed by atoms with E-state index in [0.717, 1.165) is 17.8 Å². The predicted molar refractivity (Wildman–Crippen MR) is 82.4 cm³/mol. The number of esters is 1. The number of benzene rings is 1. The number of hydrogen-bond acceptors (Lipinski definition) is 7. The van der Waals surface area contributed by atoms with Gasteiger partial charge < -0.3 is 10.5 Å². The lowest BCUT2D eigenvalue weighted by atomic mass is 9.85. The van der Waals surface area contributed by atoms with Gasteiger partial charge in [-0.3, -0.25) is 19.9 Å². The number of carbonyl (C=O) groups excluding carboxylic acids is 1. The maximum Gasteiger partial charge on any atom is 0.322 e. The molecule has 0 radical (unpaired) electrons. The van der Waals surface area contributed by atoms with Gasteiger partial charge in [0, 0.05) is 17.5 Å². The van der Waals surface area contributed by atoms with Gasteiger partial charge in [0.2, 0.25) is 0 Å². The number of ether oxygens (including phenoxy) is 1. The first-order valence-corrected chi connectivity index (χ1v) is 7.74. The summed E-state index contributed by atoms with van der Waals surface area (Å²) >= 11 is 1.02. The van der Waals surface area contributed by atoms with E-state index in [1.54, 1.807) is 0 Å². The summed E-state index contributed by atoms with van der Waals surface area (Å²) in [6, 6.07) is 1.44. The summed E-state index contributed by atoms with van der Waals surface area (Å²) in [6.07, 6.45) is 0.300. The Morgan fingerprint density at radius 1 is 1.54 bits per heavy atom. The van der Waals surface area contributed by atoms with Crippen LogP contribution in [-0.2, 0) is 15.1 Å². The number of non-ortho nitro benzene ring substituents is 1. The Kier molecular flexibility index (Phi) is 3.55. The van der Waals surface area contributed by atoms with E-state index in [2.05, 4.69) is 4.99 Å². The third kappa shape index (κ3) is 2.16. The van der Waals surface area contributed by atoms with Gasteiger partial charge in [0.25, 0.3) is 5.69 Å². The van der Waals surface area contributed by atoms with E-state index in [1.807, 2.05) is 0 Å². The van der Waals surface area contributed by atoms with Crippen LogP contribution in [0.2, 0.25) is 0 Å². The quantitative estimate of drug-likeness (QED) is 0.504. The number of halogens is 2. The largest absolute Gasteiger partial charge is 0.468 e. The van der Waals surface area contributed by atoms with Crippen LogP contribution in [0.4, 0.5) is 14.5 Å². The lowest BCUT2D eigenvalue weighted by molar-refractivity contribution is -0.385. The number of nitrogens with zero attached hydrogens (tertiary/aromatic N) is 2. The van der Waals surface area contributed by atoms with Crippen LogP contribution in [-0.4, -0.2) is 27.9 Å². The number of methoxy groups -OCH3 is 1. The lowest BCUT2D eigenvalue weighted by Gasteiger charge is -2.33. The summed E-state index contributed by atoms with van der Waals surface area (Å²) in [7, 11) is 1.22. The molecule has 3 atom stereocenters. The van der Waals surface area contributed by atoms with Gasteiger partial charge in [0.15, 0.2) is 16.8 Å². The molecule has 1 aromatic rings. The van der Waals surface area contributed by atoms with Crippen molar-refractivity contribution in [1.29, 1.82) is 0 Å². The first kappa shape index (κ1) is 16.6. The third-order valence-electron chi connectivity index (χ3n) is 4.52. The molecule has 1 aliphatic carbocycles. The Morgan fingerprint density at radius 2 is 2.21 bits per heavy atom. The maximum atomic E-state index is 14.4. The van der Waals surface area contributed by atoms with Gasteiger partial charge in [-0.15, -0.1) is 0 Å². The van der Waals surface area contributed by atoms with Crippen LogP contribution < -0.4 is 5.73 Å². The van der Waals surface area contributed by atoms with E-state index in [9.17, 15) is 23.7 Å². The summed E-state index contributed by atoms with van der Waals surface area (Å²) in [5.41, 5.74) is 3.49. The number of rotatable bonds is 3. The Bertz CT molecular complexity index is 802. The summed E-state index contributed by atoms with van der Waals surface area (Å²) < 4.78 is 32.0. The highest BCUT2D eigenvalue weighted by atomic mass is 32.2. The SMILES string of the molecule is COC(=O)C12CC1C(C)(c1cc([N+](=O)[O-])cc(F)c1F)N=C(N)S2. The fourth-order valence-electron chi connectivity index (χ4n) is 3.26. The van der Waals surface area contributed by atoms with Crippen LogP contribution in [0.15, 0.2) is 17.1 Å². The summed E-state index contributed by atoms with van der Waals surface area (Å²) in [5, 5.41) is 11.0. The smallest absolute Gasteiger partial charge is 0.322 e. The zero-order chi connectivity index (χ0) is 17.9. The normalized spacial score (nSPS) is 31.0. The Labute approximate surface area is 139 Å². The van der Waals surface area contributed by atoms with E-state index < -0.39 is 44.4 Å². The van der Waals surface area contributed by atoms with E-state index in [4.69, 9.17) is 10.5 Å². The van der Waals surface area contributed by atoms with Gasteiger partial charge in [-0.2, -0.15) is 0 Å². The molecule has 3 rings (SSSR count). The van der Waals surface area contributed by atoms with E-state index in [0.29, 0.717) is 12.5 Å². The number of carbonyl (C=O) groups is 1. The van der Waals surface area contributed by atoms with Gasteiger partial charge in [-0.1, -0.05) is 11.8 Å². The van der Waals surface area contributed by atoms with Crippen molar-refractivity contribution < 1.29 is 23.2 Å². The lowest BCUT2D eigenvalue weighted by Crippen LogP contribution is -2.40. The molecular formula is C14H13F2N3O4S. The molecular weight excluding hydrogens is 344 g/mol. The average molecular weight is 357 g/mol. The summed E-state index contributed by atoms with van der Waals surface area (Å²) in [5.74, 6) is -3.63. The van der Waals surface area contributed by atoms with Gasteiger partial charge in [-0.05, 0) is 13.3 Å². The van der Waals surface area contributed by atoms with Crippen molar-refractivity contribution in [2.45, 2.75) is 23.6 Å². The Hall–Kier alpha value is -2.23. The molecule has 7 nitrogen and oxygen atoms in total. The molecule has 2 aliphatic rings. The third-order valence-corrected chi connectivity index (χ3v) is 5.80. The van der Waals surface area contributed by atoms with Crippen LogP contribution in [0, 0.1) is 27.7 Å². The maximum absolute atomic E-state index is 14.4. The predicted octanol–water partition coefficient (Wildman–Crippen LogP) is 2.08. The molecule has 128 valence electrons. The van der Waals surface area contributed by atoms with Crippen LogP contribution in [0.1, 0.15) is 18.9 Å². The number of nitro benzene ring substituents is 1. The summed E-state index contributed by atoms with van der Waals surface area (Å²) in [6.45, 7) is 1.48. The van der Waals surface area contributed by atoms with Crippen molar-refractivity contribution >= 4 is 28.6 Å². The first-order valence-electron chi connectivity index (χ1n) is 6.92. The van der Waals surface area contributed by atoms with Gasteiger partial charge in [-0.25, -0.2) is 8.78 Å². The van der Waals surface area contributed by atoms with Crippen LogP contribution >= 0.6 is 11.8 Å². The van der Waals surface area contributed by atoms with E-state index >= 15 is 0 Å². The molecule has 1 aliphatic heterocycles. The highest BCUT2D eigenvalue weighted by Crippen LogP contribution is 2.66. The number of aliphatic imine (C=N–C) groups is 1. The molecule has 2 N–H and O–H groups in total. The van der Waals surface area contributed by atoms with Crippen molar-refractivity contribution in [1.82, 2.24) is 0 Å². The number of thioether (sulfide) groups is 1. The molecule has 0 amide bonds. The topological polar surface area (TPSA) is 108 Å². The van der Waals surface area contributed by atoms with Crippen LogP contribution in [0.25, 0.3) is 0 Å². The number of fused-ring (bicyclic) bond motifs is 1. The van der Waals surface area contributed by atoms with Crippen LogP contribution in [0.3, 0.4) is 0 Å². The molecule has 0 saturated heterocycles. The number of amidine groups is 1. The molecule has 0 aromatic heterocycles. The molecule has 1 fully saturated rings. The number of nitro groups is 1. The Morgan fingerprint density at radius 3 is 2.79 bits per heavy atom. The molecule has 3 unspecified atom stereocenters. The van der Waals surface area contributed by atoms with Crippen molar-refractivity contribution in [3.8, 4) is 0 Å². The van der Waals surface area contributed by atoms with Crippen LogP contribution in [0.5, 0.6) is 0 Å². The standard InChI is InChI=1S/C14H13F2N3O4S/c1-13(7-3-6(19(21)22)4-8(15)10(7)16)9-5-14(9,11(20)23-2)24-12(17)18-13/h3-4,9H,5H2,1-2H3,(H2,17,18). The fourth-order valence-corrected chi connectivity index (χ4v) is 4.66. The summed E-state index contributed by atoms with van der Waals surface area (Å²) in [4.78, 5) is 26.4. The monoisotopic (exact) mass is 357 g/mol. The second-order valence-corrected chi connectivity index (χ2v) is 7.23. The molecule has 24 heavy (non-hydrogen) atoms. The van der Waals surface area contributed by atoms with Gasteiger partial charge in [0.05, 0.1) is 23.6 Å². The fraction of sp³-hybridized carbons (Fsp3) is 0.429. The highest BCUT2D eigenvalue weighted by Gasteiger charge is 2.71. The van der Waals surface area contributed by atoms with Crippen molar-refractivity contribution in [3.05, 3.63) is 39.4 Å². The number of nitrogens with two attached hydrogens (primary N) is 1. The highest BCUT2D eigenvalue weighted by molar-refractivity contribution is 8.15. The average Bonchev–Trinajstić information content (AvgIpc) is 3.25. The Balaban J connectivity index is 2.17. The van der Waals surface area contributed by atoms with E-state index in [-0.39, 0.29) is 10.7 Å². The molecule has 1 aromatic carbocycles. The van der Waals surface area contributed by atoms with Crippen molar-refractivity contribution in [2.24, 2.45) is 16.6 Å². The van der Waals surface area contributed by atoms with Crippen molar-refractivity contribution in [2.75, 3.05) is 7.11 Å². The minimum atomic E-state index is -1.40. The molecule has 1 heterocycles. The number of hydrogen-bond donors (Lipinski definition) is 1. The second kappa shape index (κ2) is 5.13. The first-order chi connectivity index (χ1) is 11.2. The minimum absolute atomic E-state index is 0.0166. The molecule has 0 bridgehead atoms. The minimum Gasteiger partial charge on any atom is -0.468 e. The molecule has 0 spiro atoms. The molecule has 1 saturated carbocycles.